The van der Waals surface area contributed by atoms with Gasteiger partial charge in [-0.15, -0.1) is 0 Å². The molecule has 53 heavy (non-hydrogen) atoms. The maximum absolute atomic E-state index is 14.7. The average molecular weight is 733 g/mol. The lowest BCUT2D eigenvalue weighted by Gasteiger charge is -2.51. The van der Waals surface area contributed by atoms with E-state index in [-0.39, 0.29) is 37.4 Å². The van der Waals surface area contributed by atoms with Gasteiger partial charge in [-0.05, 0) is 28.4 Å². The van der Waals surface area contributed by atoms with Crippen molar-refractivity contribution in [3.8, 4) is 0 Å². The van der Waals surface area contributed by atoms with Gasteiger partial charge in [-0.3, -0.25) is 14.4 Å². The lowest BCUT2D eigenvalue weighted by Crippen LogP contribution is -2.69. The third-order valence-corrected chi connectivity index (χ3v) is 13.2. The monoisotopic (exact) mass is 732 g/mol. The summed E-state index contributed by atoms with van der Waals surface area (Å²) in [6.45, 7) is 5.63. The van der Waals surface area contributed by atoms with Crippen molar-refractivity contribution in [1.29, 1.82) is 0 Å². The molecule has 0 bridgehead atoms. The van der Waals surface area contributed by atoms with E-state index in [9.17, 15) is 24.0 Å². The topological polar surface area (TPSA) is 128 Å². The normalized spacial score (nSPS) is 15.6. The Kier molecular flexibility index (Phi) is 13.0. The van der Waals surface area contributed by atoms with Crippen LogP contribution in [0, 0.1) is 5.92 Å². The molecule has 11 heteroatoms. The van der Waals surface area contributed by atoms with Gasteiger partial charge in [0.15, 0.2) is 5.78 Å². The van der Waals surface area contributed by atoms with Crippen molar-refractivity contribution >= 4 is 58.4 Å². The molecule has 1 heterocycles. The summed E-state index contributed by atoms with van der Waals surface area (Å²) < 4.78 is 16.4. The Labute approximate surface area is 309 Å². The molecule has 1 saturated heterocycles. The summed E-state index contributed by atoms with van der Waals surface area (Å²) in [6, 6.07) is 34.3. The van der Waals surface area contributed by atoms with Crippen LogP contribution >= 0.6 is 6.89 Å². The molecule has 0 radical (unpaired) electrons. The number of ketones is 1. The van der Waals surface area contributed by atoms with Gasteiger partial charge in [-0.2, -0.15) is 0 Å². The van der Waals surface area contributed by atoms with Gasteiger partial charge in [0.25, 0.3) is 0 Å². The van der Waals surface area contributed by atoms with Crippen molar-refractivity contribution in [3.05, 3.63) is 152 Å². The molecule has 4 aromatic carbocycles. The smallest absolute Gasteiger partial charge is 0.457 e. The summed E-state index contributed by atoms with van der Waals surface area (Å²) in [5, 5.41) is 4.93. The first-order valence-electron chi connectivity index (χ1n) is 17.1. The summed E-state index contributed by atoms with van der Waals surface area (Å²) in [5.74, 6) is -2.58. The first-order valence-corrected chi connectivity index (χ1v) is 18.8. The van der Waals surface area contributed by atoms with Crippen LogP contribution in [0.15, 0.2) is 141 Å². The Morgan fingerprint density at radius 3 is 1.79 bits per heavy atom. The molecule has 0 unspecified atom stereocenters. The van der Waals surface area contributed by atoms with E-state index in [1.807, 2.05) is 91.0 Å². The molecule has 4 aromatic rings. The predicted octanol–water partition coefficient (Wildman–Crippen LogP) is 4.91. The molecule has 0 aromatic heterocycles. The zero-order valence-corrected chi connectivity index (χ0v) is 30.2. The second-order valence-corrected chi connectivity index (χ2v) is 15.5. The quantitative estimate of drug-likeness (QED) is 0.0405. The van der Waals surface area contributed by atoms with Crippen molar-refractivity contribution in [3.63, 3.8) is 0 Å². The Bertz CT molecular complexity index is 1900. The zero-order chi connectivity index (χ0) is 37.8. The average Bonchev–Trinajstić information content (AvgIpc) is 3.19. The number of esters is 1. The van der Waals surface area contributed by atoms with Gasteiger partial charge in [-0.25, -0.2) is 9.59 Å². The fourth-order valence-corrected chi connectivity index (χ4v) is 11.0. The number of Topliss-reactive ketones (excluding diaryl/α,β-unsaturated/α-hetero) is 1. The molecule has 0 saturated carbocycles. The fraction of sp³-hybridized carbons (Fsp3) is 0.190. The van der Waals surface area contributed by atoms with Crippen LogP contribution in [0.5, 0.6) is 0 Å². The maximum Gasteiger partial charge on any atom is 0.508 e. The summed E-state index contributed by atoms with van der Waals surface area (Å²) in [4.78, 5) is 68.4. The molecule has 272 valence electrons. The first kappa shape index (κ1) is 38.2. The minimum absolute atomic E-state index is 0.0821. The van der Waals surface area contributed by atoms with Gasteiger partial charge < -0.3 is 24.4 Å². The van der Waals surface area contributed by atoms with Crippen LogP contribution in [0.1, 0.15) is 29.3 Å². The SMILES string of the molecule is C=CCOC(=O)O[C@H](C)[C@H]1C(=O)N(C(C(=O)OCC=C)=P(c2ccccc2)(c2ccccc2)c2ccccc2)[C@@H]1CC(=O)c1ccc(CNC=O)cc1. The molecular formula is C42H41N2O8P. The van der Waals surface area contributed by atoms with Gasteiger partial charge in [0.05, 0.1) is 12.0 Å². The van der Waals surface area contributed by atoms with E-state index < -0.39 is 43.0 Å². The number of hydrogen-bond donors (Lipinski definition) is 1. The number of ether oxygens (including phenoxy) is 3. The minimum Gasteiger partial charge on any atom is -0.457 e. The number of rotatable bonds is 17. The van der Waals surface area contributed by atoms with Gasteiger partial charge >= 0.3 is 12.1 Å². The van der Waals surface area contributed by atoms with Gasteiger partial charge in [0.1, 0.15) is 24.7 Å². The molecule has 2 amide bonds. The van der Waals surface area contributed by atoms with Crippen LogP contribution in [0.2, 0.25) is 0 Å². The summed E-state index contributed by atoms with van der Waals surface area (Å²) in [5.41, 5.74) is 1.23. The molecule has 0 aliphatic carbocycles. The van der Waals surface area contributed by atoms with Crippen LogP contribution < -0.4 is 21.2 Å². The fourth-order valence-electron chi connectivity index (χ4n) is 6.59. The Morgan fingerprint density at radius 1 is 0.792 bits per heavy atom. The lowest BCUT2D eigenvalue weighted by atomic mass is 9.79. The van der Waals surface area contributed by atoms with E-state index in [0.717, 1.165) is 21.5 Å². The van der Waals surface area contributed by atoms with Crippen molar-refractivity contribution in [2.24, 2.45) is 5.92 Å². The summed E-state index contributed by atoms with van der Waals surface area (Å²) >= 11 is 0. The number of likely N-dealkylation sites (tertiary alicyclic amines) is 1. The number of carbonyl (C=O) groups is 5. The van der Waals surface area contributed by atoms with Gasteiger partial charge in [-0.1, -0.05) is 141 Å². The standard InChI is InChI=1S/C42H41N2O8P/c1-4-25-50-41(48)40(53(33-15-9-6-10-16-33,34-17-11-7-12-18-34)35-19-13-8-14-20-35)44-36(38(39(44)47)30(3)52-42(49)51-26-5-2)27-37(46)32-23-21-31(22-24-32)28-43-29-45/h4-24,29-30,36,38H,1-2,25-28H2,3H3,(H,43,45)/t30-,36-,38-/m1/s1. The summed E-state index contributed by atoms with van der Waals surface area (Å²) in [6.07, 6.45) is 1.18. The number of nitrogens with one attached hydrogen (secondary N) is 1. The predicted molar refractivity (Wildman–Crippen MR) is 206 cm³/mol. The first-order chi connectivity index (χ1) is 25.8. The molecule has 1 fully saturated rings. The molecular weight excluding hydrogens is 691 g/mol. The highest BCUT2D eigenvalue weighted by Crippen LogP contribution is 2.50. The van der Waals surface area contributed by atoms with E-state index in [2.05, 4.69) is 18.5 Å². The van der Waals surface area contributed by atoms with E-state index in [4.69, 9.17) is 14.2 Å². The Morgan fingerprint density at radius 2 is 1.30 bits per heavy atom. The summed E-state index contributed by atoms with van der Waals surface area (Å²) in [7, 11) is 0. The number of nitrogens with zero attached hydrogens (tertiary/aromatic N) is 1. The van der Waals surface area contributed by atoms with Gasteiger partial charge in [0, 0.05) is 25.4 Å². The number of benzene rings is 4. The molecule has 5 rings (SSSR count). The van der Waals surface area contributed by atoms with Crippen molar-refractivity contribution in [1.82, 2.24) is 10.2 Å². The molecule has 1 aliphatic heterocycles. The molecule has 1 N–H and O–H groups in total. The van der Waals surface area contributed by atoms with Crippen molar-refractivity contribution in [2.45, 2.75) is 32.0 Å². The Hall–Kier alpha value is -5.99. The second-order valence-electron chi connectivity index (χ2n) is 12.2. The number of hydrogen-bond acceptors (Lipinski definition) is 8. The van der Waals surface area contributed by atoms with Crippen molar-refractivity contribution < 1.29 is 38.2 Å². The third kappa shape index (κ3) is 8.24. The number of carbonyl (C=O) groups excluding carboxylic acids is 5. The lowest BCUT2D eigenvalue weighted by molar-refractivity contribution is -0.158. The van der Waals surface area contributed by atoms with Crippen LogP contribution in [0.25, 0.3) is 0 Å². The molecule has 3 atom stereocenters. The molecule has 10 nitrogen and oxygen atoms in total. The van der Waals surface area contributed by atoms with Crippen LogP contribution in [0.3, 0.4) is 0 Å². The van der Waals surface area contributed by atoms with Crippen molar-refractivity contribution in [2.75, 3.05) is 13.2 Å². The van der Waals surface area contributed by atoms with Crippen LogP contribution in [0.4, 0.5) is 4.79 Å². The van der Waals surface area contributed by atoms with E-state index >= 15 is 0 Å². The van der Waals surface area contributed by atoms with E-state index in [0.29, 0.717) is 12.0 Å². The van der Waals surface area contributed by atoms with E-state index in [1.54, 1.807) is 31.2 Å². The van der Waals surface area contributed by atoms with Crippen LogP contribution in [-0.4, -0.2) is 65.9 Å². The van der Waals surface area contributed by atoms with E-state index in [1.165, 1.54) is 17.1 Å². The Balaban J connectivity index is 1.76. The maximum atomic E-state index is 14.7. The number of β-lactam (4-membered cyclic amide) rings is 1. The third-order valence-electron chi connectivity index (χ3n) is 8.93. The second kappa shape index (κ2) is 18.0. The molecule has 1 aliphatic rings. The highest BCUT2D eigenvalue weighted by molar-refractivity contribution is 7.96. The highest BCUT2D eigenvalue weighted by Gasteiger charge is 2.57. The number of amides is 2. The van der Waals surface area contributed by atoms with Crippen LogP contribution in [-0.2, 0) is 35.1 Å². The largest absolute Gasteiger partial charge is 0.508 e. The minimum atomic E-state index is -3.27. The zero-order valence-electron chi connectivity index (χ0n) is 29.3. The molecule has 0 spiro atoms. The highest BCUT2D eigenvalue weighted by atomic mass is 31.2. The van der Waals surface area contributed by atoms with Gasteiger partial charge in [0.2, 0.25) is 12.3 Å².